The molecule has 1 aliphatic heterocycles. The lowest BCUT2D eigenvalue weighted by Gasteiger charge is -2.51. The maximum atomic E-state index is 11.5. The zero-order valence-corrected chi connectivity index (χ0v) is 13.1. The molecule has 2 fully saturated rings. The minimum atomic E-state index is -0.725. The molecule has 0 aromatic carbocycles. The summed E-state index contributed by atoms with van der Waals surface area (Å²) in [6.07, 6.45) is 4.34. The number of aliphatic carboxylic acids is 1. The summed E-state index contributed by atoms with van der Waals surface area (Å²) in [5, 5.41) is 9.43. The fourth-order valence-electron chi connectivity index (χ4n) is 4.36. The average Bonchev–Trinajstić information content (AvgIpc) is 2.59. The van der Waals surface area contributed by atoms with Crippen LogP contribution in [0.3, 0.4) is 0 Å². The van der Waals surface area contributed by atoms with Crippen molar-refractivity contribution in [1.29, 1.82) is 0 Å². The molecule has 4 nitrogen and oxygen atoms in total. The third-order valence-corrected chi connectivity index (χ3v) is 5.73. The van der Waals surface area contributed by atoms with Crippen molar-refractivity contribution < 1.29 is 19.4 Å². The molecule has 1 aliphatic carbocycles. The molecular weight excluding hydrogens is 256 g/mol. The van der Waals surface area contributed by atoms with Crippen molar-refractivity contribution in [2.45, 2.75) is 58.2 Å². The number of carboxylic acids is 1. The first-order chi connectivity index (χ1) is 9.42. The second-order valence-electron chi connectivity index (χ2n) is 6.75. The molecule has 0 aromatic heterocycles. The number of rotatable bonds is 3. The van der Waals surface area contributed by atoms with Crippen LogP contribution >= 0.6 is 0 Å². The van der Waals surface area contributed by atoms with Crippen molar-refractivity contribution in [1.82, 2.24) is 0 Å². The Morgan fingerprint density at radius 3 is 2.60 bits per heavy atom. The fraction of sp³-hybridized carbons (Fsp3) is 0.938. The highest BCUT2D eigenvalue weighted by atomic mass is 16.5. The highest BCUT2D eigenvalue weighted by Gasteiger charge is 2.54. The molecular formula is C16H28O4. The summed E-state index contributed by atoms with van der Waals surface area (Å²) in [5.74, 6) is -0.102. The summed E-state index contributed by atoms with van der Waals surface area (Å²) >= 11 is 0. The molecule has 1 heterocycles. The van der Waals surface area contributed by atoms with Gasteiger partial charge in [-0.25, -0.2) is 0 Å². The van der Waals surface area contributed by atoms with Crippen molar-refractivity contribution in [3.05, 3.63) is 0 Å². The van der Waals surface area contributed by atoms with Crippen LogP contribution in [0.15, 0.2) is 0 Å². The van der Waals surface area contributed by atoms with Gasteiger partial charge in [0.15, 0.2) is 0 Å². The van der Waals surface area contributed by atoms with Crippen LogP contribution in [0.2, 0.25) is 0 Å². The monoisotopic (exact) mass is 284 g/mol. The Hall–Kier alpha value is -0.610. The Labute approximate surface area is 121 Å². The summed E-state index contributed by atoms with van der Waals surface area (Å²) in [6, 6.07) is 0. The molecule has 2 aliphatic rings. The van der Waals surface area contributed by atoms with Gasteiger partial charge < -0.3 is 14.6 Å². The second kappa shape index (κ2) is 6.02. The van der Waals surface area contributed by atoms with E-state index in [9.17, 15) is 9.90 Å². The minimum Gasteiger partial charge on any atom is -0.481 e. The summed E-state index contributed by atoms with van der Waals surface area (Å²) in [7, 11) is 1.73. The molecule has 0 amide bonds. The number of ether oxygens (including phenoxy) is 2. The van der Waals surface area contributed by atoms with E-state index >= 15 is 0 Å². The molecule has 0 bridgehead atoms. The topological polar surface area (TPSA) is 55.8 Å². The van der Waals surface area contributed by atoms with Gasteiger partial charge in [-0.05, 0) is 44.4 Å². The van der Waals surface area contributed by atoms with Gasteiger partial charge in [0, 0.05) is 13.0 Å². The maximum Gasteiger partial charge on any atom is 0.306 e. The van der Waals surface area contributed by atoms with E-state index in [-0.39, 0.29) is 17.9 Å². The van der Waals surface area contributed by atoms with Crippen LogP contribution < -0.4 is 0 Å². The van der Waals surface area contributed by atoms with Gasteiger partial charge in [-0.1, -0.05) is 13.8 Å². The van der Waals surface area contributed by atoms with Crippen molar-refractivity contribution in [3.8, 4) is 0 Å². The van der Waals surface area contributed by atoms with Gasteiger partial charge >= 0.3 is 5.97 Å². The van der Waals surface area contributed by atoms with E-state index in [0.717, 1.165) is 25.7 Å². The van der Waals surface area contributed by atoms with Crippen molar-refractivity contribution in [3.63, 3.8) is 0 Å². The number of carboxylic acid groups (broad SMARTS) is 1. The SMILES string of the molecule is COC12COC(C)CCC1[C@H](C)CC[C@H]2C(C)C(=O)O. The Bertz CT molecular complexity index is 356. The summed E-state index contributed by atoms with van der Waals surface area (Å²) < 4.78 is 11.9. The Kier molecular flexibility index (Phi) is 4.75. The summed E-state index contributed by atoms with van der Waals surface area (Å²) in [4.78, 5) is 11.5. The van der Waals surface area contributed by atoms with Crippen LogP contribution in [-0.2, 0) is 14.3 Å². The Balaban J connectivity index is 2.35. The Morgan fingerprint density at radius 1 is 1.30 bits per heavy atom. The van der Waals surface area contributed by atoms with Crippen LogP contribution in [0.25, 0.3) is 0 Å². The normalized spacial score (nSPS) is 43.4. The highest BCUT2D eigenvalue weighted by Crippen LogP contribution is 2.50. The minimum absolute atomic E-state index is 0.0384. The lowest BCUT2D eigenvalue weighted by atomic mass is 9.59. The predicted octanol–water partition coefficient (Wildman–Crippen LogP) is 2.95. The fourth-order valence-corrected chi connectivity index (χ4v) is 4.36. The predicted molar refractivity (Wildman–Crippen MR) is 76.6 cm³/mol. The molecule has 1 N–H and O–H groups in total. The van der Waals surface area contributed by atoms with E-state index in [1.165, 1.54) is 0 Å². The molecule has 4 unspecified atom stereocenters. The molecule has 2 rings (SSSR count). The lowest BCUT2D eigenvalue weighted by molar-refractivity contribution is -0.189. The molecule has 4 heteroatoms. The van der Waals surface area contributed by atoms with Crippen LogP contribution in [0.5, 0.6) is 0 Å². The molecule has 116 valence electrons. The van der Waals surface area contributed by atoms with Gasteiger partial charge in [0.25, 0.3) is 0 Å². The standard InChI is InChI=1S/C16H28O4/c1-10-5-7-14(12(3)15(17)18)16(19-4)9-20-11(2)6-8-13(10)16/h10-14H,5-9H2,1-4H3,(H,17,18)/t10-,11?,12?,13?,14+,16?/m1/s1. The Morgan fingerprint density at radius 2 is 2.00 bits per heavy atom. The molecule has 0 aromatic rings. The summed E-state index contributed by atoms with van der Waals surface area (Å²) in [5.41, 5.74) is -0.430. The van der Waals surface area contributed by atoms with E-state index in [1.54, 1.807) is 7.11 Å². The van der Waals surface area contributed by atoms with Crippen molar-refractivity contribution in [2.24, 2.45) is 23.7 Å². The number of fused-ring (bicyclic) bond motifs is 1. The van der Waals surface area contributed by atoms with Gasteiger partial charge in [-0.2, -0.15) is 0 Å². The maximum absolute atomic E-state index is 11.5. The third kappa shape index (κ3) is 2.60. The van der Waals surface area contributed by atoms with Gasteiger partial charge in [0.2, 0.25) is 0 Å². The quantitative estimate of drug-likeness (QED) is 0.865. The zero-order chi connectivity index (χ0) is 14.9. The number of methoxy groups -OCH3 is 1. The van der Waals surface area contributed by atoms with Crippen LogP contribution in [0, 0.1) is 23.7 Å². The first-order valence-corrected chi connectivity index (χ1v) is 7.82. The number of hydrogen-bond donors (Lipinski definition) is 1. The van der Waals surface area contributed by atoms with Crippen LogP contribution in [0.4, 0.5) is 0 Å². The van der Waals surface area contributed by atoms with Crippen molar-refractivity contribution >= 4 is 5.97 Å². The molecule has 1 saturated heterocycles. The van der Waals surface area contributed by atoms with Gasteiger partial charge in [-0.3, -0.25) is 4.79 Å². The summed E-state index contributed by atoms with van der Waals surface area (Å²) in [6.45, 7) is 6.72. The van der Waals surface area contributed by atoms with Gasteiger partial charge in [-0.15, -0.1) is 0 Å². The van der Waals surface area contributed by atoms with Crippen molar-refractivity contribution in [2.75, 3.05) is 13.7 Å². The molecule has 6 atom stereocenters. The average molecular weight is 284 g/mol. The molecule has 0 spiro atoms. The first-order valence-electron chi connectivity index (χ1n) is 7.82. The van der Waals surface area contributed by atoms with E-state index in [2.05, 4.69) is 13.8 Å². The lowest BCUT2D eigenvalue weighted by Crippen LogP contribution is -2.57. The zero-order valence-electron chi connectivity index (χ0n) is 13.1. The second-order valence-corrected chi connectivity index (χ2v) is 6.75. The largest absolute Gasteiger partial charge is 0.481 e. The van der Waals surface area contributed by atoms with Gasteiger partial charge in [0.1, 0.15) is 0 Å². The highest BCUT2D eigenvalue weighted by molar-refractivity contribution is 5.70. The molecule has 1 saturated carbocycles. The molecule has 20 heavy (non-hydrogen) atoms. The smallest absolute Gasteiger partial charge is 0.306 e. The van der Waals surface area contributed by atoms with E-state index < -0.39 is 11.6 Å². The molecule has 0 radical (unpaired) electrons. The first kappa shape index (κ1) is 15.8. The number of hydrogen-bond acceptors (Lipinski definition) is 3. The van der Waals surface area contributed by atoms with Gasteiger partial charge in [0.05, 0.1) is 24.2 Å². The van der Waals surface area contributed by atoms with E-state index in [1.807, 2.05) is 6.92 Å². The van der Waals surface area contributed by atoms with Crippen LogP contribution in [0.1, 0.15) is 46.5 Å². The third-order valence-electron chi connectivity index (χ3n) is 5.73. The van der Waals surface area contributed by atoms with Crippen LogP contribution in [-0.4, -0.2) is 36.5 Å². The number of carbonyl (C=O) groups is 1. The van der Waals surface area contributed by atoms with E-state index in [0.29, 0.717) is 18.4 Å². The van der Waals surface area contributed by atoms with E-state index in [4.69, 9.17) is 9.47 Å².